The van der Waals surface area contributed by atoms with Crippen LogP contribution in [0.4, 0.5) is 0 Å². The van der Waals surface area contributed by atoms with Crippen LogP contribution < -0.4 is 0 Å². The molecule has 0 saturated heterocycles. The molecule has 5 heterocycles. The van der Waals surface area contributed by atoms with Crippen molar-refractivity contribution in [1.29, 1.82) is 0 Å². The first-order valence-corrected chi connectivity index (χ1v) is 21.5. The van der Waals surface area contributed by atoms with Gasteiger partial charge in [-0.05, 0) is 98.0 Å². The molecule has 0 fully saturated rings. The van der Waals surface area contributed by atoms with Crippen molar-refractivity contribution < 1.29 is 4.42 Å². The Morgan fingerprint density at radius 2 is 0.889 bits per heavy atom. The minimum Gasteiger partial charge on any atom is -0.437 e. The quantitative estimate of drug-likeness (QED) is 0.167. The second-order valence-corrected chi connectivity index (χ2v) is 16.9. The highest BCUT2D eigenvalue weighted by molar-refractivity contribution is 6.24. The number of benzene rings is 10. The smallest absolute Gasteiger partial charge is 0.238 e. The molecule has 10 aromatic carbocycles. The van der Waals surface area contributed by atoms with Crippen LogP contribution in [0.5, 0.6) is 0 Å². The maximum Gasteiger partial charge on any atom is 0.238 e. The van der Waals surface area contributed by atoms with Gasteiger partial charge in [0, 0.05) is 43.3 Å². The van der Waals surface area contributed by atoms with Crippen molar-refractivity contribution in [3.63, 3.8) is 0 Å². The predicted molar refractivity (Wildman–Crippen MR) is 262 cm³/mol. The van der Waals surface area contributed by atoms with Crippen LogP contribution in [0.25, 0.3) is 143 Å². The summed E-state index contributed by atoms with van der Waals surface area (Å²) < 4.78 is 11.4. The van der Waals surface area contributed by atoms with Crippen molar-refractivity contribution in [2.24, 2.45) is 0 Å². The summed E-state index contributed by atoms with van der Waals surface area (Å²) in [5.41, 5.74) is 11.4. The van der Waals surface area contributed by atoms with Crippen molar-refractivity contribution in [2.75, 3.05) is 0 Å². The van der Waals surface area contributed by atoms with Crippen molar-refractivity contribution >= 4 is 114 Å². The van der Waals surface area contributed by atoms with E-state index in [1.165, 1.54) is 65.2 Å². The third-order valence-electron chi connectivity index (χ3n) is 13.6. The van der Waals surface area contributed by atoms with Crippen LogP contribution in [0.15, 0.2) is 199 Å². The number of furan rings is 1. The van der Waals surface area contributed by atoms with Gasteiger partial charge in [0.2, 0.25) is 11.7 Å². The molecule has 290 valence electrons. The number of aromatic nitrogens is 4. The summed E-state index contributed by atoms with van der Waals surface area (Å²) in [6.07, 6.45) is 0. The molecule has 5 heteroatoms. The van der Waals surface area contributed by atoms with E-state index in [2.05, 4.69) is 203 Å². The Bertz CT molecular complexity index is 4450. The molecular weight excluding hydrogens is 769 g/mol. The Labute approximate surface area is 358 Å². The zero-order valence-corrected chi connectivity index (χ0v) is 33.7. The lowest BCUT2D eigenvalue weighted by atomic mass is 9.97. The van der Waals surface area contributed by atoms with Gasteiger partial charge in [-0.2, -0.15) is 4.98 Å². The van der Waals surface area contributed by atoms with Crippen molar-refractivity contribution in [3.8, 4) is 28.3 Å². The van der Waals surface area contributed by atoms with E-state index < -0.39 is 0 Å². The molecule has 0 aliphatic carbocycles. The number of nitrogens with zero attached hydrogens (tertiary/aromatic N) is 4. The van der Waals surface area contributed by atoms with Crippen LogP contribution in [0.1, 0.15) is 0 Å². The molecule has 0 aliphatic rings. The first-order chi connectivity index (χ1) is 31.2. The Morgan fingerprint density at radius 1 is 0.349 bits per heavy atom. The topological polar surface area (TPSA) is 48.3 Å². The predicted octanol–water partition coefficient (Wildman–Crippen LogP) is 15.4. The minimum absolute atomic E-state index is 0.562. The summed E-state index contributed by atoms with van der Waals surface area (Å²) in [4.78, 5) is 10.9. The molecule has 5 aromatic heterocycles. The number of para-hydroxylation sites is 3. The molecule has 0 atom stereocenters. The molecule has 0 aliphatic heterocycles. The normalized spacial score (nSPS) is 12.4. The molecule has 0 spiro atoms. The third-order valence-corrected chi connectivity index (χ3v) is 13.6. The Balaban J connectivity index is 0.966. The van der Waals surface area contributed by atoms with Crippen LogP contribution in [-0.4, -0.2) is 18.9 Å². The highest BCUT2D eigenvalue weighted by atomic mass is 16.3. The maximum absolute atomic E-state index is 6.75. The summed E-state index contributed by atoms with van der Waals surface area (Å²) in [5, 5.41) is 16.4. The van der Waals surface area contributed by atoms with Crippen LogP contribution >= 0.6 is 0 Å². The maximum atomic E-state index is 6.75. The zero-order chi connectivity index (χ0) is 40.9. The van der Waals surface area contributed by atoms with E-state index in [4.69, 9.17) is 14.4 Å². The molecule has 0 bridgehead atoms. The van der Waals surface area contributed by atoms with E-state index in [0.717, 1.165) is 65.8 Å². The monoisotopic (exact) mass is 800 g/mol. The number of fused-ring (bicyclic) bond motifs is 16. The van der Waals surface area contributed by atoms with Gasteiger partial charge in [-0.1, -0.05) is 140 Å². The van der Waals surface area contributed by atoms with Gasteiger partial charge in [0.25, 0.3) is 0 Å². The highest BCUT2D eigenvalue weighted by Gasteiger charge is 2.23. The van der Waals surface area contributed by atoms with Crippen LogP contribution in [0, 0.1) is 0 Å². The van der Waals surface area contributed by atoms with Gasteiger partial charge in [-0.25, -0.2) is 4.98 Å². The molecule has 63 heavy (non-hydrogen) atoms. The fraction of sp³-hybridized carbons (Fsp3) is 0. The summed E-state index contributed by atoms with van der Waals surface area (Å²) in [6.45, 7) is 0. The van der Waals surface area contributed by atoms with Crippen molar-refractivity contribution in [3.05, 3.63) is 194 Å². The zero-order valence-electron chi connectivity index (χ0n) is 33.7. The highest BCUT2D eigenvalue weighted by Crippen LogP contribution is 2.43. The Morgan fingerprint density at radius 3 is 1.70 bits per heavy atom. The second kappa shape index (κ2) is 12.1. The average Bonchev–Trinajstić information content (AvgIpc) is 4.08. The molecule has 15 aromatic rings. The van der Waals surface area contributed by atoms with Gasteiger partial charge < -0.3 is 8.82 Å². The molecule has 0 unspecified atom stereocenters. The van der Waals surface area contributed by atoms with Crippen molar-refractivity contribution in [2.45, 2.75) is 0 Å². The molecule has 5 nitrogen and oxygen atoms in total. The van der Waals surface area contributed by atoms with Crippen LogP contribution in [-0.2, 0) is 0 Å². The van der Waals surface area contributed by atoms with Gasteiger partial charge in [-0.3, -0.25) is 4.57 Å². The number of hydrogen-bond donors (Lipinski definition) is 0. The fourth-order valence-electron chi connectivity index (χ4n) is 10.8. The van der Waals surface area contributed by atoms with E-state index in [1.807, 2.05) is 0 Å². The summed E-state index contributed by atoms with van der Waals surface area (Å²) in [5.74, 6) is 0.567. The fourth-order valence-corrected chi connectivity index (χ4v) is 10.8. The molecular formula is C58H32N4O. The Kier molecular flexibility index (Phi) is 6.36. The van der Waals surface area contributed by atoms with Crippen LogP contribution in [0.3, 0.4) is 0 Å². The molecule has 0 saturated carbocycles. The van der Waals surface area contributed by atoms with E-state index in [9.17, 15) is 0 Å². The average molecular weight is 801 g/mol. The van der Waals surface area contributed by atoms with E-state index in [-0.39, 0.29) is 0 Å². The van der Waals surface area contributed by atoms with Gasteiger partial charge >= 0.3 is 0 Å². The Hall–Kier alpha value is -8.54. The lowest BCUT2D eigenvalue weighted by molar-refractivity contribution is 0.652. The minimum atomic E-state index is 0.562. The number of hydrogen-bond acceptors (Lipinski definition) is 3. The molecule has 0 N–H and O–H groups in total. The lowest BCUT2D eigenvalue weighted by Crippen LogP contribution is -2.02. The summed E-state index contributed by atoms with van der Waals surface area (Å²) >= 11 is 0. The van der Waals surface area contributed by atoms with Gasteiger partial charge in [-0.15, -0.1) is 0 Å². The van der Waals surface area contributed by atoms with E-state index in [0.29, 0.717) is 11.7 Å². The first kappa shape index (κ1) is 33.2. The molecule has 0 radical (unpaired) electrons. The third kappa shape index (κ3) is 4.50. The lowest BCUT2D eigenvalue weighted by Gasteiger charge is -2.11. The van der Waals surface area contributed by atoms with Crippen LogP contribution in [0.2, 0.25) is 0 Å². The van der Waals surface area contributed by atoms with Gasteiger partial charge in [0.05, 0.1) is 38.7 Å². The second-order valence-electron chi connectivity index (χ2n) is 16.9. The summed E-state index contributed by atoms with van der Waals surface area (Å²) in [7, 11) is 0. The largest absolute Gasteiger partial charge is 0.437 e. The summed E-state index contributed by atoms with van der Waals surface area (Å²) in [6, 6.07) is 70.2. The first-order valence-electron chi connectivity index (χ1n) is 21.5. The number of rotatable bonds is 3. The SMILES string of the molecule is c1ccc2cc3c(cc2c1)oc1nc(-n2c4ccccc4c4cc(-c5ccc6c(c5)c5cccc7c8ccccc8n6c75)ccc42)nc(-c2ccc4ccc5ccccc5c4c2)c13. The van der Waals surface area contributed by atoms with E-state index in [1.54, 1.807) is 0 Å². The van der Waals surface area contributed by atoms with Gasteiger partial charge in [0.15, 0.2) is 0 Å². The van der Waals surface area contributed by atoms with E-state index >= 15 is 0 Å². The standard InChI is InChI=1S/C58H32N4O/c1-2-12-36-32-53-48(30-35(36)11-1)54-55(39-23-22-34-21-20-33-10-3-4-13-40(33)45(34)31-39)59-58(60-57(54)63-53)62-50-19-8-6-15-42(50)46-28-37(25-27-52(46)62)38-24-26-51-47(29-38)44-17-9-16-43-41-14-5-7-18-49(41)61(51)56(43)44/h1-32H. The molecule has 0 amide bonds. The van der Waals surface area contributed by atoms with Crippen molar-refractivity contribution in [1.82, 2.24) is 18.9 Å². The molecule has 15 rings (SSSR count). The van der Waals surface area contributed by atoms with Gasteiger partial charge in [0.1, 0.15) is 5.58 Å².